The summed E-state index contributed by atoms with van der Waals surface area (Å²) < 4.78 is 31.7. The van der Waals surface area contributed by atoms with Gasteiger partial charge in [-0.25, -0.2) is 0 Å². The molecule has 1 N–H and O–H groups in total. The van der Waals surface area contributed by atoms with Crippen molar-refractivity contribution < 1.29 is 17.4 Å². The number of hydrogen-bond acceptors (Lipinski definition) is 4. The average Bonchev–Trinajstić information content (AvgIpc) is 2.50. The van der Waals surface area contributed by atoms with Crippen LogP contribution >= 0.6 is 0 Å². The van der Waals surface area contributed by atoms with E-state index in [9.17, 15) is 13.2 Å². The number of fused-ring (bicyclic) bond motifs is 1. The van der Waals surface area contributed by atoms with E-state index >= 15 is 0 Å². The summed E-state index contributed by atoms with van der Waals surface area (Å²) in [7, 11) is -3.67. The Morgan fingerprint density at radius 1 is 0.957 bits per heavy atom. The first-order valence-corrected chi connectivity index (χ1v) is 8.62. The first kappa shape index (κ1) is 16.9. The van der Waals surface area contributed by atoms with Gasteiger partial charge in [-0.2, -0.15) is 8.42 Å². The molecule has 0 aliphatic rings. The Balaban J connectivity index is 0.000000338. The molecule has 23 heavy (non-hydrogen) atoms. The maximum atomic E-state index is 12.3. The molecule has 2 aromatic carbocycles. The van der Waals surface area contributed by atoms with Gasteiger partial charge in [-0.05, 0) is 19.1 Å². The molecule has 0 saturated carbocycles. The second-order valence-electron chi connectivity index (χ2n) is 4.98. The van der Waals surface area contributed by atoms with Gasteiger partial charge in [0.15, 0.2) is 5.43 Å². The highest BCUT2D eigenvalue weighted by atomic mass is 32.2. The molecular formula is C17H16O5S. The third-order valence-corrected chi connectivity index (χ3v) is 3.06. The minimum Gasteiger partial charge on any atom is -0.456 e. The quantitative estimate of drug-likeness (QED) is 0.691. The van der Waals surface area contributed by atoms with E-state index in [1.54, 1.807) is 13.0 Å². The van der Waals surface area contributed by atoms with Gasteiger partial charge < -0.3 is 4.42 Å². The van der Waals surface area contributed by atoms with Crippen molar-refractivity contribution in [1.82, 2.24) is 0 Å². The van der Waals surface area contributed by atoms with Gasteiger partial charge in [0.1, 0.15) is 11.3 Å². The lowest BCUT2D eigenvalue weighted by Gasteiger charge is -2.06. The van der Waals surface area contributed by atoms with Crippen molar-refractivity contribution in [2.75, 3.05) is 6.26 Å². The van der Waals surface area contributed by atoms with Gasteiger partial charge in [0.2, 0.25) is 0 Å². The lowest BCUT2D eigenvalue weighted by Crippen LogP contribution is -2.06. The van der Waals surface area contributed by atoms with Crippen LogP contribution in [0.15, 0.2) is 63.8 Å². The molecule has 3 rings (SSSR count). The second kappa shape index (κ2) is 6.76. The molecule has 0 amide bonds. The summed E-state index contributed by atoms with van der Waals surface area (Å²) in [6.07, 6.45) is 0.715. The smallest absolute Gasteiger partial charge is 0.261 e. The standard InChI is InChI=1S/C16H12O2.CH4O3S/c1-11-15(17)13-9-5-6-10-14(13)18-16(11)12-7-3-2-4-8-12;1-5(2,3)4/h2-10H,1H3;1H3,(H,2,3,4). The van der Waals surface area contributed by atoms with Crippen LogP contribution in [0.5, 0.6) is 0 Å². The summed E-state index contributed by atoms with van der Waals surface area (Å²) in [6.45, 7) is 1.81. The zero-order valence-corrected chi connectivity index (χ0v) is 13.5. The summed E-state index contributed by atoms with van der Waals surface area (Å²) in [5, 5.41) is 0.634. The summed E-state index contributed by atoms with van der Waals surface area (Å²) in [5.41, 5.74) is 2.25. The van der Waals surface area contributed by atoms with Crippen LogP contribution in [-0.2, 0) is 10.1 Å². The van der Waals surface area contributed by atoms with E-state index in [1.807, 2.05) is 48.5 Å². The number of rotatable bonds is 1. The lowest BCUT2D eigenvalue weighted by molar-refractivity contribution is 0.490. The van der Waals surface area contributed by atoms with Crippen LogP contribution in [0.25, 0.3) is 22.3 Å². The first-order chi connectivity index (χ1) is 10.8. The lowest BCUT2D eigenvalue weighted by atomic mass is 10.1. The molecule has 0 radical (unpaired) electrons. The number of benzene rings is 2. The molecule has 120 valence electrons. The molecule has 0 aliphatic heterocycles. The molecule has 0 spiro atoms. The zero-order chi connectivity index (χ0) is 17.0. The second-order valence-corrected chi connectivity index (χ2v) is 6.45. The summed E-state index contributed by atoms with van der Waals surface area (Å²) in [6, 6.07) is 17.0. The van der Waals surface area contributed by atoms with Gasteiger partial charge in [-0.15, -0.1) is 0 Å². The fourth-order valence-corrected chi connectivity index (χ4v) is 2.10. The predicted molar refractivity (Wildman–Crippen MR) is 90.1 cm³/mol. The highest BCUT2D eigenvalue weighted by molar-refractivity contribution is 7.85. The fourth-order valence-electron chi connectivity index (χ4n) is 2.10. The summed E-state index contributed by atoms with van der Waals surface area (Å²) >= 11 is 0. The van der Waals surface area contributed by atoms with Crippen molar-refractivity contribution in [2.45, 2.75) is 6.92 Å². The third-order valence-electron chi connectivity index (χ3n) is 3.06. The van der Waals surface area contributed by atoms with E-state index in [1.165, 1.54) is 0 Å². The maximum Gasteiger partial charge on any atom is 0.261 e. The van der Waals surface area contributed by atoms with Gasteiger partial charge in [-0.3, -0.25) is 9.35 Å². The molecule has 5 nitrogen and oxygen atoms in total. The van der Waals surface area contributed by atoms with E-state index in [-0.39, 0.29) is 5.43 Å². The zero-order valence-electron chi connectivity index (χ0n) is 12.7. The topological polar surface area (TPSA) is 84.6 Å². The Labute approximate surface area is 134 Å². The van der Waals surface area contributed by atoms with Crippen LogP contribution in [-0.4, -0.2) is 19.2 Å². The van der Waals surface area contributed by atoms with Gasteiger partial charge in [0.05, 0.1) is 11.6 Å². The molecule has 0 saturated heterocycles. The fraction of sp³-hybridized carbons (Fsp3) is 0.118. The van der Waals surface area contributed by atoms with E-state index < -0.39 is 10.1 Å². The van der Waals surface area contributed by atoms with Crippen LogP contribution < -0.4 is 5.43 Å². The third kappa shape index (κ3) is 4.51. The normalized spacial score (nSPS) is 10.9. The Hall–Kier alpha value is -2.44. The van der Waals surface area contributed by atoms with Crippen LogP contribution in [0.2, 0.25) is 0 Å². The van der Waals surface area contributed by atoms with Crippen molar-refractivity contribution >= 4 is 21.1 Å². The van der Waals surface area contributed by atoms with Crippen LogP contribution in [0.4, 0.5) is 0 Å². The van der Waals surface area contributed by atoms with Crippen LogP contribution in [0, 0.1) is 6.92 Å². The Bertz CT molecular complexity index is 965. The Morgan fingerprint density at radius 2 is 1.48 bits per heavy atom. The van der Waals surface area contributed by atoms with Gasteiger partial charge in [0.25, 0.3) is 10.1 Å². The largest absolute Gasteiger partial charge is 0.456 e. The highest BCUT2D eigenvalue weighted by Gasteiger charge is 2.11. The number of hydrogen-bond donors (Lipinski definition) is 1. The van der Waals surface area contributed by atoms with Gasteiger partial charge in [0, 0.05) is 11.1 Å². The van der Waals surface area contributed by atoms with Crippen molar-refractivity contribution in [3.05, 3.63) is 70.4 Å². The van der Waals surface area contributed by atoms with Crippen molar-refractivity contribution in [3.8, 4) is 11.3 Å². The monoisotopic (exact) mass is 332 g/mol. The molecule has 0 unspecified atom stereocenters. The molecule has 0 bridgehead atoms. The van der Waals surface area contributed by atoms with Gasteiger partial charge >= 0.3 is 0 Å². The summed E-state index contributed by atoms with van der Waals surface area (Å²) in [4.78, 5) is 12.3. The van der Waals surface area contributed by atoms with Gasteiger partial charge in [-0.1, -0.05) is 42.5 Å². The maximum absolute atomic E-state index is 12.3. The Kier molecular flexibility index (Phi) is 4.98. The van der Waals surface area contributed by atoms with Crippen LogP contribution in [0.1, 0.15) is 5.56 Å². The van der Waals surface area contributed by atoms with E-state index in [4.69, 9.17) is 8.97 Å². The molecule has 0 atom stereocenters. The minimum absolute atomic E-state index is 0.0377. The van der Waals surface area contributed by atoms with Crippen LogP contribution in [0.3, 0.4) is 0 Å². The first-order valence-electron chi connectivity index (χ1n) is 6.77. The van der Waals surface area contributed by atoms with Crippen molar-refractivity contribution in [3.63, 3.8) is 0 Å². The molecule has 6 heteroatoms. The Morgan fingerprint density at radius 3 is 2.09 bits per heavy atom. The molecular weight excluding hydrogens is 316 g/mol. The SMILES string of the molecule is CS(=O)(=O)O.Cc1c(-c2ccccc2)oc2ccccc2c1=O. The predicted octanol–water partition coefficient (Wildman–Crippen LogP) is 3.27. The molecule has 3 aromatic rings. The molecule has 0 fully saturated rings. The molecule has 1 heterocycles. The number of para-hydroxylation sites is 1. The highest BCUT2D eigenvalue weighted by Crippen LogP contribution is 2.24. The minimum atomic E-state index is -3.67. The molecule has 0 aliphatic carbocycles. The van der Waals surface area contributed by atoms with Crippen molar-refractivity contribution in [2.24, 2.45) is 0 Å². The van der Waals surface area contributed by atoms with E-state index in [0.717, 1.165) is 5.56 Å². The average molecular weight is 332 g/mol. The van der Waals surface area contributed by atoms with Crippen molar-refractivity contribution in [1.29, 1.82) is 0 Å². The van der Waals surface area contributed by atoms with E-state index in [2.05, 4.69) is 0 Å². The van der Waals surface area contributed by atoms with E-state index in [0.29, 0.717) is 28.5 Å². The molecule has 1 aromatic heterocycles. The summed E-state index contributed by atoms with van der Waals surface area (Å²) in [5.74, 6) is 0.652.